The molecule has 0 radical (unpaired) electrons. The molecule has 0 aliphatic rings. The van der Waals surface area contributed by atoms with Gasteiger partial charge in [0.1, 0.15) is 0 Å². The molecule has 0 saturated heterocycles. The van der Waals surface area contributed by atoms with E-state index in [4.69, 9.17) is 19.2 Å². The van der Waals surface area contributed by atoms with E-state index < -0.39 is 7.82 Å². The quantitative estimate of drug-likeness (QED) is 0.279. The van der Waals surface area contributed by atoms with Crippen LogP contribution in [0, 0.1) is 0 Å². The molecule has 0 heterocycles. The molecule has 0 aliphatic heterocycles. The van der Waals surface area contributed by atoms with E-state index in [2.05, 4.69) is 0 Å². The van der Waals surface area contributed by atoms with Crippen LogP contribution in [0.4, 0.5) is 0 Å². The Hall–Kier alpha value is 3.88. The summed E-state index contributed by atoms with van der Waals surface area (Å²) in [6.45, 7) is 0. The Morgan fingerprint density at radius 2 is 0.889 bits per heavy atom. The molecule has 0 N–H and O–H groups in total. The molecule has 9 heteroatoms. The zero-order valence-corrected chi connectivity index (χ0v) is 14.1. The van der Waals surface area contributed by atoms with Gasteiger partial charge in [0.15, 0.2) is 0 Å². The Morgan fingerprint density at radius 3 is 0.889 bits per heavy atom. The van der Waals surface area contributed by atoms with Crippen molar-refractivity contribution >= 4 is 30.9 Å². The van der Waals surface area contributed by atoms with E-state index in [0.717, 1.165) is 0 Å². The van der Waals surface area contributed by atoms with Crippen molar-refractivity contribution in [2.45, 2.75) is 0 Å². The van der Waals surface area contributed by atoms with Crippen molar-refractivity contribution in [1.29, 1.82) is 0 Å². The van der Waals surface area contributed by atoms with E-state index in [1.807, 2.05) is 0 Å². The molecule has 32 valence electrons. The first-order chi connectivity index (χ1) is 2.00. The monoisotopic (exact) mass is 188 g/mol. The van der Waals surface area contributed by atoms with Gasteiger partial charge in [-0.1, -0.05) is 0 Å². The Labute approximate surface area is 136 Å². The second kappa shape index (κ2) is 14.4. The Kier molecular flexibility index (Phi) is 46.9. The minimum absolute atomic E-state index is 0. The largest absolute Gasteiger partial charge is 2.00 e. The maximum atomic E-state index is 8.55. The predicted octanol–water partition coefficient (Wildman–Crippen LogP) is -12.2. The molecule has 4 nitrogen and oxygen atoms in total. The average molecular weight is 188 g/mol. The Balaban J connectivity index is -0.0000000133. The summed E-state index contributed by atoms with van der Waals surface area (Å²) in [5.41, 5.74) is 0. The first-order valence-electron chi connectivity index (χ1n) is 0.730. The Morgan fingerprint density at radius 1 is 0.889 bits per heavy atom. The maximum absolute atomic E-state index is 8.55. The fourth-order valence-electron chi connectivity index (χ4n) is 0. The number of hydrogen-bond donors (Lipinski definition) is 0. The van der Waals surface area contributed by atoms with Crippen LogP contribution in [0.15, 0.2) is 0 Å². The van der Waals surface area contributed by atoms with Crippen LogP contribution in [0.3, 0.4) is 0 Å². The van der Waals surface area contributed by atoms with Crippen molar-refractivity contribution in [3.05, 3.63) is 0 Å². The summed E-state index contributed by atoms with van der Waals surface area (Å²) >= 11 is 0. The summed E-state index contributed by atoms with van der Waals surface area (Å²) < 4.78 is 8.55. The van der Waals surface area contributed by atoms with Crippen molar-refractivity contribution in [3.8, 4) is 0 Å². The third kappa shape index (κ3) is 77.1. The summed E-state index contributed by atoms with van der Waals surface area (Å²) in [4.78, 5) is 25.6. The van der Waals surface area contributed by atoms with E-state index >= 15 is 0 Å². The smallest absolute Gasteiger partial charge is 0.822 e. The first-order valence-corrected chi connectivity index (χ1v) is 2.19. The second-order valence-electron chi connectivity index (χ2n) is 0.447. The molecule has 0 fully saturated rings. The molecule has 0 bridgehead atoms. The van der Waals surface area contributed by atoms with Gasteiger partial charge in [-0.25, -0.2) is 0 Å². The maximum Gasteiger partial charge on any atom is 2.00 e. The van der Waals surface area contributed by atoms with E-state index in [9.17, 15) is 0 Å². The zero-order valence-electron chi connectivity index (χ0n) is 5.79. The summed E-state index contributed by atoms with van der Waals surface area (Å²) in [5.74, 6) is 0. The molecule has 0 aromatic rings. The summed E-state index contributed by atoms with van der Waals surface area (Å²) in [6, 6.07) is 0. The third-order valence-corrected chi connectivity index (χ3v) is 0. The van der Waals surface area contributed by atoms with Gasteiger partial charge in [0, 0.05) is 0 Å². The molecule has 0 aromatic heterocycles. The molecular weight excluding hydrogens is 188 g/mol. The summed E-state index contributed by atoms with van der Waals surface area (Å²) in [5, 5.41) is 0. The van der Waals surface area contributed by atoms with Crippen LogP contribution in [0.2, 0.25) is 0 Å². The van der Waals surface area contributed by atoms with Crippen LogP contribution in [-0.4, -0.2) is 23.1 Å². The van der Waals surface area contributed by atoms with Gasteiger partial charge >= 0.3 is 112 Å². The number of rotatable bonds is 0. The molecule has 0 amide bonds. The summed E-state index contributed by atoms with van der Waals surface area (Å²) in [7, 11) is -5.39. The van der Waals surface area contributed by atoms with E-state index in [0.29, 0.717) is 0 Å². The van der Waals surface area contributed by atoms with Gasteiger partial charge in [0.2, 0.25) is 0 Å². The molecule has 9 heavy (non-hydrogen) atoms. The third-order valence-electron chi connectivity index (χ3n) is 0. The van der Waals surface area contributed by atoms with E-state index in [-0.39, 0.29) is 112 Å². The Bertz CT molecular complexity index is 61.9. The van der Waals surface area contributed by atoms with Gasteiger partial charge in [-0.2, -0.15) is 7.82 Å². The van der Waals surface area contributed by atoms with Crippen LogP contribution in [0.1, 0.15) is 0 Å². The van der Waals surface area contributed by atoms with Crippen LogP contribution >= 0.6 is 7.82 Å². The van der Waals surface area contributed by atoms with Crippen molar-refractivity contribution < 1.29 is 108 Å². The second-order valence-corrected chi connectivity index (χ2v) is 1.34. The van der Waals surface area contributed by atoms with E-state index in [1.165, 1.54) is 0 Å². The van der Waals surface area contributed by atoms with Gasteiger partial charge in [-0.15, -0.1) is 0 Å². The summed E-state index contributed by atoms with van der Waals surface area (Å²) in [6.07, 6.45) is 0. The van der Waals surface area contributed by atoms with Crippen molar-refractivity contribution in [1.82, 2.24) is 0 Å². The van der Waals surface area contributed by atoms with Gasteiger partial charge in [0.25, 0.3) is 0 Å². The molecule has 0 spiro atoms. The van der Waals surface area contributed by atoms with Crippen LogP contribution in [0.5, 0.6) is 0 Å². The van der Waals surface area contributed by atoms with Gasteiger partial charge in [-0.05, 0) is 0 Å². The van der Waals surface area contributed by atoms with Gasteiger partial charge < -0.3 is 19.2 Å². The minimum Gasteiger partial charge on any atom is -0.822 e. The average Bonchev–Trinajstić information content (AvgIpc) is 0.722. The van der Waals surface area contributed by atoms with Gasteiger partial charge in [0.05, 0.1) is 0 Å². The molecule has 0 rings (SSSR count). The number of hydrogen-bond acceptors (Lipinski definition) is 4. The van der Waals surface area contributed by atoms with Crippen molar-refractivity contribution in [2.75, 3.05) is 0 Å². The SMILES string of the molecule is O=P([O-])([O-])[O-].[Mg+2].[Na+].[Na+].[Na+]. The fraction of sp³-hybridized carbons (Fsp3) is 0. The normalized spacial score (nSPS) is 6.56. The van der Waals surface area contributed by atoms with Crippen molar-refractivity contribution in [2.24, 2.45) is 0 Å². The molecule has 0 saturated carbocycles. The van der Waals surface area contributed by atoms with Crippen LogP contribution in [-0.2, 0) is 4.57 Å². The predicted molar refractivity (Wildman–Crippen MR) is 13.4 cm³/mol. The molecule has 0 unspecified atom stereocenters. The molecular formula is MgNa3O4P+2. The van der Waals surface area contributed by atoms with E-state index in [1.54, 1.807) is 0 Å². The van der Waals surface area contributed by atoms with Crippen LogP contribution in [0.25, 0.3) is 0 Å². The molecule has 0 aromatic carbocycles. The number of phosphoric acid groups is 1. The topological polar surface area (TPSA) is 86.2 Å². The molecule has 0 atom stereocenters. The zero-order chi connectivity index (χ0) is 4.50. The van der Waals surface area contributed by atoms with Crippen molar-refractivity contribution in [3.63, 3.8) is 0 Å². The van der Waals surface area contributed by atoms with Gasteiger partial charge in [-0.3, -0.25) is 0 Å². The minimum atomic E-state index is -5.39. The first kappa shape index (κ1) is 29.3. The van der Waals surface area contributed by atoms with Crippen LogP contribution < -0.4 is 103 Å². The standard InChI is InChI=1S/Mg.3Na.H3O4P/c;;;;1-5(2,3)4/h;;;;(H3,1,2,3,4)/q+2;3*+1;/p-3. The fourth-order valence-corrected chi connectivity index (χ4v) is 0. The molecule has 0 aliphatic carbocycles.